The van der Waals surface area contributed by atoms with E-state index in [0.717, 1.165) is 9.30 Å². The number of sulfonamides is 1. The molecule has 0 radical (unpaired) electrons. The molecule has 0 fully saturated rings. The van der Waals surface area contributed by atoms with Crippen LogP contribution in [0, 0.1) is 0 Å². The van der Waals surface area contributed by atoms with E-state index in [2.05, 4.69) is 41.6 Å². The third kappa shape index (κ3) is 2.63. The Balaban J connectivity index is 2.17. The molecule has 5 nitrogen and oxygen atoms in total. The SMILES string of the molecule is Cn1c(Br)c(S(=O)(=O)Nc2ncc(Br)s2)c2ccccc21. The minimum Gasteiger partial charge on any atom is -0.337 e. The van der Waals surface area contributed by atoms with Gasteiger partial charge in [0, 0.05) is 12.4 Å². The monoisotopic (exact) mass is 449 g/mol. The number of aryl methyl sites for hydroxylation is 1. The fourth-order valence-electron chi connectivity index (χ4n) is 2.05. The summed E-state index contributed by atoms with van der Waals surface area (Å²) in [5.41, 5.74) is 0.838. The van der Waals surface area contributed by atoms with Crippen molar-refractivity contribution in [3.8, 4) is 0 Å². The van der Waals surface area contributed by atoms with E-state index in [9.17, 15) is 8.42 Å². The van der Waals surface area contributed by atoms with Crippen LogP contribution in [0.4, 0.5) is 5.13 Å². The largest absolute Gasteiger partial charge is 0.337 e. The van der Waals surface area contributed by atoms with Gasteiger partial charge in [-0.1, -0.05) is 29.5 Å². The van der Waals surface area contributed by atoms with Crippen LogP contribution in [-0.2, 0) is 17.1 Å². The van der Waals surface area contributed by atoms with Gasteiger partial charge in [0.1, 0.15) is 9.50 Å². The Labute approximate surface area is 142 Å². The maximum absolute atomic E-state index is 12.7. The Morgan fingerprint density at radius 1 is 1.29 bits per heavy atom. The molecule has 0 spiro atoms. The number of benzene rings is 1. The van der Waals surface area contributed by atoms with Crippen LogP contribution in [0.1, 0.15) is 0 Å². The highest BCUT2D eigenvalue weighted by atomic mass is 79.9. The number of anilines is 1. The number of hydrogen-bond donors (Lipinski definition) is 1. The van der Waals surface area contributed by atoms with E-state index in [-0.39, 0.29) is 4.90 Å². The molecule has 0 aliphatic heterocycles. The first-order chi connectivity index (χ1) is 9.90. The number of para-hydroxylation sites is 1. The van der Waals surface area contributed by atoms with Crippen molar-refractivity contribution in [3.05, 3.63) is 38.9 Å². The fraction of sp³-hybridized carbons (Fsp3) is 0.0833. The smallest absolute Gasteiger partial charge is 0.266 e. The summed E-state index contributed by atoms with van der Waals surface area (Å²) in [6.45, 7) is 0. The van der Waals surface area contributed by atoms with Crippen molar-refractivity contribution in [2.75, 3.05) is 4.72 Å². The lowest BCUT2D eigenvalue weighted by molar-refractivity contribution is 0.601. The van der Waals surface area contributed by atoms with Gasteiger partial charge < -0.3 is 4.57 Å². The van der Waals surface area contributed by atoms with Gasteiger partial charge in [0.05, 0.1) is 15.5 Å². The van der Waals surface area contributed by atoms with Gasteiger partial charge in [-0.2, -0.15) is 0 Å². The van der Waals surface area contributed by atoms with Gasteiger partial charge in [0.2, 0.25) is 0 Å². The van der Waals surface area contributed by atoms with Crippen LogP contribution in [0.15, 0.2) is 43.7 Å². The van der Waals surface area contributed by atoms with E-state index in [0.29, 0.717) is 15.1 Å². The number of nitrogens with zero attached hydrogens (tertiary/aromatic N) is 2. The summed E-state index contributed by atoms with van der Waals surface area (Å²) in [6, 6.07) is 7.34. The summed E-state index contributed by atoms with van der Waals surface area (Å²) in [4.78, 5) is 4.22. The van der Waals surface area contributed by atoms with E-state index in [1.54, 1.807) is 16.8 Å². The number of nitrogens with one attached hydrogen (secondary N) is 1. The zero-order valence-electron chi connectivity index (χ0n) is 10.7. The van der Waals surface area contributed by atoms with Gasteiger partial charge in [-0.3, -0.25) is 4.72 Å². The molecule has 1 aromatic carbocycles. The molecule has 2 heterocycles. The second-order valence-corrected chi connectivity index (χ2v) is 9.05. The first kappa shape index (κ1) is 15.0. The predicted octanol–water partition coefficient (Wildman–Crippen LogP) is 3.96. The second kappa shape index (κ2) is 5.38. The molecule has 21 heavy (non-hydrogen) atoms. The molecule has 0 bridgehead atoms. The number of thiazole rings is 1. The van der Waals surface area contributed by atoms with Crippen LogP contribution in [-0.4, -0.2) is 18.0 Å². The second-order valence-electron chi connectivity index (χ2n) is 4.27. The van der Waals surface area contributed by atoms with E-state index >= 15 is 0 Å². The van der Waals surface area contributed by atoms with Crippen molar-refractivity contribution in [1.29, 1.82) is 0 Å². The Morgan fingerprint density at radius 3 is 2.67 bits per heavy atom. The standard InChI is InChI=1S/C12H9Br2N3O2S2/c1-17-8-5-3-2-4-7(8)10(11(17)14)21(18,19)16-12-15-6-9(13)20-12/h2-6H,1H3,(H,15,16). The molecule has 0 aliphatic rings. The van der Waals surface area contributed by atoms with Crippen molar-refractivity contribution >= 4 is 69.3 Å². The van der Waals surface area contributed by atoms with Gasteiger partial charge in [-0.25, -0.2) is 13.4 Å². The molecule has 2 aromatic heterocycles. The molecular formula is C12H9Br2N3O2S2. The molecule has 9 heteroatoms. The van der Waals surface area contributed by atoms with E-state index < -0.39 is 10.0 Å². The number of fused-ring (bicyclic) bond motifs is 1. The maximum atomic E-state index is 12.7. The molecular weight excluding hydrogens is 442 g/mol. The molecule has 1 N–H and O–H groups in total. The topological polar surface area (TPSA) is 64.0 Å². The molecule has 0 saturated heterocycles. The van der Waals surface area contributed by atoms with Crippen molar-refractivity contribution in [1.82, 2.24) is 9.55 Å². The highest BCUT2D eigenvalue weighted by Crippen LogP contribution is 2.35. The number of hydrogen-bond acceptors (Lipinski definition) is 4. The van der Waals surface area contributed by atoms with Gasteiger partial charge in [-0.15, -0.1) is 0 Å². The molecule has 110 valence electrons. The van der Waals surface area contributed by atoms with Crippen molar-refractivity contribution in [3.63, 3.8) is 0 Å². The zero-order valence-corrected chi connectivity index (χ0v) is 15.5. The Hall–Kier alpha value is -0.900. The maximum Gasteiger partial charge on any atom is 0.266 e. The lowest BCUT2D eigenvalue weighted by Crippen LogP contribution is -2.13. The number of aromatic nitrogens is 2. The van der Waals surface area contributed by atoms with Crippen LogP contribution in [0.2, 0.25) is 0 Å². The Bertz CT molecular complexity index is 931. The van der Waals surface area contributed by atoms with Crippen molar-refractivity contribution in [2.45, 2.75) is 4.90 Å². The highest BCUT2D eigenvalue weighted by Gasteiger charge is 2.26. The van der Waals surface area contributed by atoms with Crippen LogP contribution < -0.4 is 4.72 Å². The molecule has 3 rings (SSSR count). The molecule has 0 atom stereocenters. The molecule has 0 amide bonds. The fourth-order valence-corrected chi connectivity index (χ4v) is 5.75. The van der Waals surface area contributed by atoms with Crippen molar-refractivity contribution in [2.24, 2.45) is 7.05 Å². The van der Waals surface area contributed by atoms with Crippen LogP contribution >= 0.6 is 43.2 Å². The average molecular weight is 451 g/mol. The first-order valence-electron chi connectivity index (χ1n) is 5.77. The van der Waals surface area contributed by atoms with Crippen molar-refractivity contribution < 1.29 is 8.42 Å². The predicted molar refractivity (Wildman–Crippen MR) is 91.2 cm³/mol. The minimum absolute atomic E-state index is 0.215. The first-order valence-corrected chi connectivity index (χ1v) is 9.66. The lowest BCUT2D eigenvalue weighted by Gasteiger charge is -2.05. The summed E-state index contributed by atoms with van der Waals surface area (Å²) < 4.78 is 30.9. The Kier molecular flexibility index (Phi) is 3.85. The lowest BCUT2D eigenvalue weighted by atomic mass is 10.2. The van der Waals surface area contributed by atoms with Gasteiger partial charge in [-0.05, 0) is 37.9 Å². The molecule has 3 aromatic rings. The van der Waals surface area contributed by atoms with Crippen LogP contribution in [0.3, 0.4) is 0 Å². The third-order valence-corrected chi connectivity index (χ3v) is 7.08. The van der Waals surface area contributed by atoms with Gasteiger partial charge in [0.25, 0.3) is 10.0 Å². The Morgan fingerprint density at radius 2 is 2.00 bits per heavy atom. The summed E-state index contributed by atoms with van der Waals surface area (Å²) >= 11 is 7.85. The van der Waals surface area contributed by atoms with Gasteiger partial charge in [0.15, 0.2) is 5.13 Å². The zero-order chi connectivity index (χ0) is 15.2. The van der Waals surface area contributed by atoms with E-state index in [1.165, 1.54) is 11.3 Å². The summed E-state index contributed by atoms with van der Waals surface area (Å²) in [7, 11) is -1.92. The summed E-state index contributed by atoms with van der Waals surface area (Å²) in [5, 5.41) is 0.983. The minimum atomic E-state index is -3.73. The number of rotatable bonds is 3. The number of halogens is 2. The highest BCUT2D eigenvalue weighted by molar-refractivity contribution is 9.11. The average Bonchev–Trinajstić information content (AvgIpc) is 2.93. The van der Waals surface area contributed by atoms with Crippen LogP contribution in [0.25, 0.3) is 10.9 Å². The summed E-state index contributed by atoms with van der Waals surface area (Å²) in [6.07, 6.45) is 1.56. The molecule has 0 saturated carbocycles. The summed E-state index contributed by atoms with van der Waals surface area (Å²) in [5.74, 6) is 0. The van der Waals surface area contributed by atoms with E-state index in [1.807, 2.05) is 25.2 Å². The van der Waals surface area contributed by atoms with Gasteiger partial charge >= 0.3 is 0 Å². The quantitative estimate of drug-likeness (QED) is 0.656. The van der Waals surface area contributed by atoms with Crippen LogP contribution in [0.5, 0.6) is 0 Å². The molecule has 0 aliphatic carbocycles. The molecule has 0 unspecified atom stereocenters. The third-order valence-electron chi connectivity index (χ3n) is 2.96. The normalized spacial score (nSPS) is 12.0. The van der Waals surface area contributed by atoms with E-state index in [4.69, 9.17) is 0 Å².